The zero-order valence-electron chi connectivity index (χ0n) is 14.5. The number of carbonyl (C=O) groups is 1. The summed E-state index contributed by atoms with van der Waals surface area (Å²) in [5.41, 5.74) is 1.26. The number of anilines is 2. The fourth-order valence-electron chi connectivity index (χ4n) is 2.20. The van der Waals surface area contributed by atoms with Crippen molar-refractivity contribution in [3.8, 4) is 0 Å². The van der Waals surface area contributed by atoms with E-state index >= 15 is 0 Å². The number of halogens is 3. The average molecular weight is 421 g/mol. The topological polar surface area (TPSA) is 66.9 Å². The first kappa shape index (κ1) is 20.0. The molecule has 0 bridgehead atoms. The van der Waals surface area contributed by atoms with Crippen LogP contribution in [0.25, 0.3) is 0 Å². The van der Waals surface area contributed by atoms with Crippen molar-refractivity contribution in [2.24, 2.45) is 0 Å². The lowest BCUT2D eigenvalue weighted by Crippen LogP contribution is -2.14. The Morgan fingerprint density at radius 3 is 2.43 bits per heavy atom. The molecule has 28 heavy (non-hydrogen) atoms. The maximum atomic E-state index is 13.0. The highest BCUT2D eigenvalue weighted by Crippen LogP contribution is 2.23. The molecule has 3 aromatic rings. The molecule has 1 aromatic heterocycles. The molecule has 0 radical (unpaired) electrons. The van der Waals surface area contributed by atoms with Crippen LogP contribution < -0.4 is 10.6 Å². The smallest absolute Gasteiger partial charge is 0.234 e. The van der Waals surface area contributed by atoms with Gasteiger partial charge in [-0.2, -0.15) is 0 Å². The summed E-state index contributed by atoms with van der Waals surface area (Å²) in [5.74, 6) is -0.378. The Labute approximate surface area is 169 Å². The monoisotopic (exact) mass is 420 g/mol. The number of aromatic nitrogens is 2. The van der Waals surface area contributed by atoms with Gasteiger partial charge in [-0.1, -0.05) is 35.5 Å². The Bertz CT molecular complexity index is 955. The molecule has 1 amide bonds. The maximum absolute atomic E-state index is 13.0. The molecule has 0 saturated carbocycles. The molecule has 0 fully saturated rings. The first-order valence-corrected chi connectivity index (χ1v) is 9.56. The number of nitrogens with zero attached hydrogens (tertiary/aromatic N) is 2. The molecule has 144 valence electrons. The quantitative estimate of drug-likeness (QED) is 0.540. The van der Waals surface area contributed by atoms with Crippen LogP contribution in [0.5, 0.6) is 0 Å². The van der Waals surface area contributed by atoms with Crippen LogP contribution in [0.1, 0.15) is 5.56 Å². The van der Waals surface area contributed by atoms with E-state index in [1.54, 1.807) is 24.3 Å². The van der Waals surface area contributed by atoms with Crippen LogP contribution in [-0.4, -0.2) is 21.9 Å². The molecule has 2 N–H and O–H groups in total. The number of thioether (sulfide) groups is 1. The van der Waals surface area contributed by atoms with E-state index in [4.69, 9.17) is 11.6 Å². The molecule has 0 spiro atoms. The minimum atomic E-state index is -0.472. The lowest BCUT2D eigenvalue weighted by Gasteiger charge is -2.07. The standard InChI is InChI=1S/C19H15ClF2N4OS/c20-15-9-14(22)5-6-16(15)24-18(27)11-28-19-8-7-17(25-26-19)23-10-12-1-3-13(21)4-2-12/h1-9H,10-11H2,(H,23,25)(H,24,27). The number of carbonyl (C=O) groups excluding carboxylic acids is 1. The van der Waals surface area contributed by atoms with Crippen LogP contribution in [0, 0.1) is 11.6 Å². The second-order valence-electron chi connectivity index (χ2n) is 5.70. The third-order valence-corrected chi connectivity index (χ3v) is 4.82. The van der Waals surface area contributed by atoms with E-state index in [9.17, 15) is 13.6 Å². The Morgan fingerprint density at radius 2 is 1.75 bits per heavy atom. The number of nitrogens with one attached hydrogen (secondary N) is 2. The van der Waals surface area contributed by atoms with Gasteiger partial charge in [-0.05, 0) is 48.0 Å². The summed E-state index contributed by atoms with van der Waals surface area (Å²) in [5, 5.41) is 14.5. The number of hydrogen-bond acceptors (Lipinski definition) is 5. The highest BCUT2D eigenvalue weighted by atomic mass is 35.5. The van der Waals surface area contributed by atoms with Crippen LogP contribution >= 0.6 is 23.4 Å². The normalized spacial score (nSPS) is 10.5. The molecule has 0 aliphatic rings. The summed E-state index contributed by atoms with van der Waals surface area (Å²) in [4.78, 5) is 12.0. The molecular formula is C19H15ClF2N4OS. The van der Waals surface area contributed by atoms with Gasteiger partial charge in [0.05, 0.1) is 16.5 Å². The summed E-state index contributed by atoms with van der Waals surface area (Å²) >= 11 is 7.09. The molecule has 3 rings (SSSR count). The zero-order chi connectivity index (χ0) is 19.9. The molecule has 0 unspecified atom stereocenters. The second-order valence-corrected chi connectivity index (χ2v) is 7.10. The van der Waals surface area contributed by atoms with Gasteiger partial charge in [-0.15, -0.1) is 10.2 Å². The molecule has 0 aliphatic heterocycles. The van der Waals surface area contributed by atoms with Crippen molar-refractivity contribution in [1.29, 1.82) is 0 Å². The van der Waals surface area contributed by atoms with E-state index in [-0.39, 0.29) is 22.5 Å². The Balaban J connectivity index is 1.47. The maximum Gasteiger partial charge on any atom is 0.234 e. The molecule has 1 heterocycles. The van der Waals surface area contributed by atoms with Gasteiger partial charge >= 0.3 is 0 Å². The van der Waals surface area contributed by atoms with Crippen LogP contribution in [-0.2, 0) is 11.3 Å². The first-order chi connectivity index (χ1) is 13.5. The highest BCUT2D eigenvalue weighted by molar-refractivity contribution is 7.99. The predicted octanol–water partition coefficient (Wildman–Crippen LogP) is 4.75. The summed E-state index contributed by atoms with van der Waals surface area (Å²) in [6, 6.07) is 13.4. The van der Waals surface area contributed by atoms with Crippen molar-refractivity contribution in [1.82, 2.24) is 10.2 Å². The fourth-order valence-corrected chi connectivity index (χ4v) is 3.03. The van der Waals surface area contributed by atoms with Gasteiger partial charge in [0.15, 0.2) is 0 Å². The minimum absolute atomic E-state index is 0.102. The summed E-state index contributed by atoms with van der Waals surface area (Å²) < 4.78 is 25.9. The Kier molecular flexibility index (Phi) is 6.78. The Morgan fingerprint density at radius 1 is 1.00 bits per heavy atom. The van der Waals surface area contributed by atoms with Crippen molar-refractivity contribution in [2.45, 2.75) is 11.6 Å². The average Bonchev–Trinajstić information content (AvgIpc) is 2.69. The van der Waals surface area contributed by atoms with E-state index in [1.165, 1.54) is 36.0 Å². The number of amides is 1. The van der Waals surface area contributed by atoms with Gasteiger partial charge in [-0.3, -0.25) is 4.79 Å². The van der Waals surface area contributed by atoms with Crippen molar-refractivity contribution in [2.75, 3.05) is 16.4 Å². The summed E-state index contributed by atoms with van der Waals surface area (Å²) in [6.07, 6.45) is 0. The van der Waals surface area contributed by atoms with Crippen molar-refractivity contribution < 1.29 is 13.6 Å². The number of benzene rings is 2. The van der Waals surface area contributed by atoms with Gasteiger partial charge in [0.25, 0.3) is 0 Å². The van der Waals surface area contributed by atoms with Crippen molar-refractivity contribution in [3.05, 3.63) is 76.8 Å². The Hall–Kier alpha value is -2.71. The molecule has 9 heteroatoms. The lowest BCUT2D eigenvalue weighted by atomic mass is 10.2. The van der Waals surface area contributed by atoms with Gasteiger partial charge in [0, 0.05) is 6.54 Å². The SMILES string of the molecule is O=C(CSc1ccc(NCc2ccc(F)cc2)nn1)Nc1ccc(F)cc1Cl. The number of hydrogen-bond donors (Lipinski definition) is 2. The van der Waals surface area contributed by atoms with Gasteiger partial charge < -0.3 is 10.6 Å². The predicted molar refractivity (Wildman–Crippen MR) is 107 cm³/mol. The molecule has 0 saturated heterocycles. The van der Waals surface area contributed by atoms with E-state index in [0.717, 1.165) is 11.6 Å². The van der Waals surface area contributed by atoms with Gasteiger partial charge in [0.1, 0.15) is 22.5 Å². The largest absolute Gasteiger partial charge is 0.365 e. The van der Waals surface area contributed by atoms with Crippen molar-refractivity contribution >= 4 is 40.8 Å². The minimum Gasteiger partial charge on any atom is -0.365 e. The molecule has 0 aliphatic carbocycles. The summed E-state index contributed by atoms with van der Waals surface area (Å²) in [6.45, 7) is 0.488. The van der Waals surface area contributed by atoms with Crippen LogP contribution in [0.15, 0.2) is 59.6 Å². The number of rotatable bonds is 7. The van der Waals surface area contributed by atoms with E-state index in [1.807, 2.05) is 0 Å². The van der Waals surface area contributed by atoms with Crippen LogP contribution in [0.3, 0.4) is 0 Å². The third-order valence-electron chi connectivity index (χ3n) is 3.58. The third kappa shape index (κ3) is 5.90. The van der Waals surface area contributed by atoms with E-state index in [0.29, 0.717) is 23.1 Å². The van der Waals surface area contributed by atoms with Crippen LogP contribution in [0.2, 0.25) is 5.02 Å². The lowest BCUT2D eigenvalue weighted by molar-refractivity contribution is -0.113. The van der Waals surface area contributed by atoms with Crippen molar-refractivity contribution in [3.63, 3.8) is 0 Å². The van der Waals surface area contributed by atoms with E-state index in [2.05, 4.69) is 20.8 Å². The summed E-state index contributed by atoms with van der Waals surface area (Å²) in [7, 11) is 0. The van der Waals surface area contributed by atoms with Gasteiger partial charge in [0.2, 0.25) is 5.91 Å². The molecule has 5 nitrogen and oxygen atoms in total. The highest BCUT2D eigenvalue weighted by Gasteiger charge is 2.08. The van der Waals surface area contributed by atoms with Crippen LogP contribution in [0.4, 0.5) is 20.3 Å². The van der Waals surface area contributed by atoms with Gasteiger partial charge in [-0.25, -0.2) is 8.78 Å². The van der Waals surface area contributed by atoms with E-state index < -0.39 is 5.82 Å². The molecular weight excluding hydrogens is 406 g/mol. The fraction of sp³-hybridized carbons (Fsp3) is 0.105. The molecule has 0 atom stereocenters. The molecule has 2 aromatic carbocycles. The second kappa shape index (κ2) is 9.48. The zero-order valence-corrected chi connectivity index (χ0v) is 16.0. The first-order valence-electron chi connectivity index (χ1n) is 8.19.